The first-order valence-corrected chi connectivity index (χ1v) is 8.99. The number of allylic oxidation sites excluding steroid dienone is 1. The molecule has 26 heavy (non-hydrogen) atoms. The Bertz CT molecular complexity index is 769. The molecule has 0 aromatic heterocycles. The van der Waals surface area contributed by atoms with Gasteiger partial charge in [-0.15, -0.1) is 0 Å². The molecule has 0 radical (unpaired) electrons. The molecule has 0 unspecified atom stereocenters. The van der Waals surface area contributed by atoms with E-state index in [4.69, 9.17) is 4.74 Å². The van der Waals surface area contributed by atoms with Crippen molar-refractivity contribution in [1.82, 2.24) is 15.1 Å². The smallest absolute Gasteiger partial charge is 0.322 e. The molecule has 6 nitrogen and oxygen atoms in total. The van der Waals surface area contributed by atoms with Gasteiger partial charge in [0.05, 0.1) is 24.8 Å². The van der Waals surface area contributed by atoms with E-state index in [0.29, 0.717) is 43.1 Å². The molecule has 1 aliphatic carbocycles. The maximum absolute atomic E-state index is 13.8. The maximum atomic E-state index is 13.8. The largest absolute Gasteiger partial charge is 0.378 e. The first-order chi connectivity index (χ1) is 12.6. The molecule has 1 N–H and O–H groups in total. The Morgan fingerprint density at radius 2 is 2.00 bits per heavy atom. The minimum Gasteiger partial charge on any atom is -0.378 e. The second-order valence-electron chi connectivity index (χ2n) is 6.94. The highest BCUT2D eigenvalue weighted by Crippen LogP contribution is 2.38. The fraction of sp³-hybridized carbons (Fsp3) is 0.474. The molecule has 1 aromatic rings. The van der Waals surface area contributed by atoms with Crippen molar-refractivity contribution in [2.24, 2.45) is 0 Å². The normalized spacial score (nSPS) is 23.9. The molecule has 4 rings (SSSR count). The molecular weight excluding hydrogens is 337 g/mol. The number of benzene rings is 1. The highest BCUT2D eigenvalue weighted by Gasteiger charge is 2.43. The Morgan fingerprint density at radius 1 is 1.27 bits per heavy atom. The fourth-order valence-corrected chi connectivity index (χ4v) is 3.68. The van der Waals surface area contributed by atoms with E-state index in [2.05, 4.69) is 5.32 Å². The Morgan fingerprint density at radius 3 is 2.65 bits per heavy atom. The van der Waals surface area contributed by atoms with Gasteiger partial charge in [-0.2, -0.15) is 0 Å². The van der Waals surface area contributed by atoms with Crippen LogP contribution in [0.15, 0.2) is 35.5 Å². The number of nitrogens with zero attached hydrogens (tertiary/aromatic N) is 2. The van der Waals surface area contributed by atoms with Crippen LogP contribution in [0.25, 0.3) is 0 Å². The van der Waals surface area contributed by atoms with Gasteiger partial charge in [0.25, 0.3) is 5.91 Å². The van der Waals surface area contributed by atoms with Crippen LogP contribution in [-0.4, -0.2) is 54.1 Å². The molecule has 138 valence electrons. The van der Waals surface area contributed by atoms with Crippen molar-refractivity contribution in [2.45, 2.75) is 31.8 Å². The van der Waals surface area contributed by atoms with E-state index in [0.717, 1.165) is 12.8 Å². The van der Waals surface area contributed by atoms with Crippen LogP contribution in [0, 0.1) is 5.82 Å². The van der Waals surface area contributed by atoms with E-state index in [9.17, 15) is 14.0 Å². The second kappa shape index (κ2) is 6.72. The quantitative estimate of drug-likeness (QED) is 0.900. The lowest BCUT2D eigenvalue weighted by atomic mass is 9.93. The minimum atomic E-state index is -0.649. The monoisotopic (exact) mass is 359 g/mol. The summed E-state index contributed by atoms with van der Waals surface area (Å²) < 4.78 is 19.1. The molecule has 1 aromatic carbocycles. The van der Waals surface area contributed by atoms with Crippen molar-refractivity contribution in [3.8, 4) is 0 Å². The number of urea groups is 1. The fourth-order valence-electron chi connectivity index (χ4n) is 3.68. The lowest BCUT2D eigenvalue weighted by Crippen LogP contribution is -2.51. The summed E-state index contributed by atoms with van der Waals surface area (Å²) in [4.78, 5) is 29.3. The molecule has 1 saturated heterocycles. The lowest BCUT2D eigenvalue weighted by molar-refractivity contribution is -0.131. The SMILES string of the molecule is CC1=C(C(=O)N2CCOCC2)[C@H](c2cccc(F)c2)NC(=O)N1C1CC1. The molecule has 2 fully saturated rings. The second-order valence-corrected chi connectivity index (χ2v) is 6.94. The van der Waals surface area contributed by atoms with Crippen LogP contribution in [0.4, 0.5) is 9.18 Å². The average Bonchev–Trinajstić information content (AvgIpc) is 3.46. The highest BCUT2D eigenvalue weighted by atomic mass is 19.1. The molecule has 2 heterocycles. The predicted molar refractivity (Wildman–Crippen MR) is 92.6 cm³/mol. The zero-order valence-corrected chi connectivity index (χ0v) is 14.7. The Kier molecular flexibility index (Phi) is 4.40. The Balaban J connectivity index is 1.76. The number of hydrogen-bond acceptors (Lipinski definition) is 3. The molecule has 2 aliphatic heterocycles. The van der Waals surface area contributed by atoms with E-state index < -0.39 is 11.9 Å². The minimum absolute atomic E-state index is 0.120. The van der Waals surface area contributed by atoms with Crippen molar-refractivity contribution >= 4 is 11.9 Å². The summed E-state index contributed by atoms with van der Waals surface area (Å²) in [7, 11) is 0. The van der Waals surface area contributed by atoms with Gasteiger partial charge < -0.3 is 15.0 Å². The summed E-state index contributed by atoms with van der Waals surface area (Å²) in [5.41, 5.74) is 1.76. The highest BCUT2D eigenvalue weighted by molar-refractivity contribution is 5.98. The third kappa shape index (κ3) is 3.07. The Hall–Kier alpha value is -2.41. The number of ether oxygens (including phenoxy) is 1. The van der Waals surface area contributed by atoms with E-state index in [1.165, 1.54) is 12.1 Å². The number of halogens is 1. The zero-order valence-electron chi connectivity index (χ0n) is 14.7. The molecule has 3 amide bonds. The van der Waals surface area contributed by atoms with Gasteiger partial charge >= 0.3 is 6.03 Å². The molecule has 3 aliphatic rings. The van der Waals surface area contributed by atoms with Gasteiger partial charge in [-0.05, 0) is 37.5 Å². The first kappa shape index (κ1) is 17.0. The van der Waals surface area contributed by atoms with Gasteiger partial charge in [0.15, 0.2) is 0 Å². The molecule has 0 bridgehead atoms. The van der Waals surface area contributed by atoms with E-state index in [1.807, 2.05) is 6.92 Å². The van der Waals surface area contributed by atoms with E-state index in [-0.39, 0.29) is 18.0 Å². The summed E-state index contributed by atoms with van der Waals surface area (Å²) in [5.74, 6) is -0.511. The molecule has 7 heteroatoms. The summed E-state index contributed by atoms with van der Waals surface area (Å²) in [6, 6.07) is 5.33. The van der Waals surface area contributed by atoms with E-state index in [1.54, 1.807) is 21.9 Å². The van der Waals surface area contributed by atoms with Crippen LogP contribution in [0.5, 0.6) is 0 Å². The molecule has 0 spiro atoms. The van der Waals surface area contributed by atoms with Gasteiger partial charge in [0.1, 0.15) is 5.82 Å². The number of hydrogen-bond donors (Lipinski definition) is 1. The van der Waals surface area contributed by atoms with Crippen molar-refractivity contribution in [1.29, 1.82) is 0 Å². The van der Waals surface area contributed by atoms with Crippen molar-refractivity contribution < 1.29 is 18.7 Å². The predicted octanol–water partition coefficient (Wildman–Crippen LogP) is 2.19. The molecule has 1 atom stereocenters. The van der Waals surface area contributed by atoms with E-state index >= 15 is 0 Å². The van der Waals surface area contributed by atoms with Crippen molar-refractivity contribution in [3.63, 3.8) is 0 Å². The number of nitrogens with one attached hydrogen (secondary N) is 1. The van der Waals surface area contributed by atoms with Gasteiger partial charge in [-0.1, -0.05) is 12.1 Å². The molecule has 1 saturated carbocycles. The standard InChI is InChI=1S/C19H22FN3O3/c1-12-16(18(24)22-7-9-26-10-8-22)17(13-3-2-4-14(20)11-13)21-19(25)23(12)15-5-6-15/h2-4,11,15,17H,5-10H2,1H3,(H,21,25)/t17-/m0/s1. The number of morpholine rings is 1. The molecular formula is C19H22FN3O3. The zero-order chi connectivity index (χ0) is 18.3. The average molecular weight is 359 g/mol. The number of amides is 3. The van der Waals surface area contributed by atoms with Gasteiger partial charge in [0.2, 0.25) is 0 Å². The summed E-state index contributed by atoms with van der Waals surface area (Å²) in [6.07, 6.45) is 1.88. The summed E-state index contributed by atoms with van der Waals surface area (Å²) in [5, 5.41) is 2.92. The Labute approximate surface area is 151 Å². The first-order valence-electron chi connectivity index (χ1n) is 8.99. The van der Waals surface area contributed by atoms with Crippen LogP contribution in [0.2, 0.25) is 0 Å². The van der Waals surface area contributed by atoms with Gasteiger partial charge in [0, 0.05) is 24.8 Å². The van der Waals surface area contributed by atoms with Crippen LogP contribution in [-0.2, 0) is 9.53 Å². The van der Waals surface area contributed by atoms with Crippen molar-refractivity contribution in [2.75, 3.05) is 26.3 Å². The summed E-state index contributed by atoms with van der Waals surface area (Å²) >= 11 is 0. The topological polar surface area (TPSA) is 61.9 Å². The van der Waals surface area contributed by atoms with Crippen LogP contribution in [0.3, 0.4) is 0 Å². The number of carbonyl (C=O) groups is 2. The van der Waals surface area contributed by atoms with Gasteiger partial charge in [-0.25, -0.2) is 9.18 Å². The number of carbonyl (C=O) groups excluding carboxylic acids is 2. The third-order valence-electron chi connectivity index (χ3n) is 5.15. The summed E-state index contributed by atoms with van der Waals surface area (Å²) in [6.45, 7) is 3.85. The third-order valence-corrected chi connectivity index (χ3v) is 5.15. The van der Waals surface area contributed by atoms with Crippen molar-refractivity contribution in [3.05, 3.63) is 46.9 Å². The van der Waals surface area contributed by atoms with Crippen LogP contribution in [0.1, 0.15) is 31.4 Å². The van der Waals surface area contributed by atoms with Crippen LogP contribution >= 0.6 is 0 Å². The van der Waals surface area contributed by atoms with Gasteiger partial charge in [-0.3, -0.25) is 9.69 Å². The lowest BCUT2D eigenvalue weighted by Gasteiger charge is -2.38. The maximum Gasteiger partial charge on any atom is 0.322 e. The number of rotatable bonds is 3. The van der Waals surface area contributed by atoms with Crippen LogP contribution < -0.4 is 5.32 Å².